The van der Waals surface area contributed by atoms with Crippen molar-refractivity contribution in [2.45, 2.75) is 20.0 Å². The lowest BCUT2D eigenvalue weighted by Gasteiger charge is -2.36. The Morgan fingerprint density at radius 1 is 1.10 bits per heavy atom. The Morgan fingerprint density at radius 2 is 1.84 bits per heavy atom. The van der Waals surface area contributed by atoms with E-state index in [9.17, 15) is 4.39 Å². The molecule has 162 valence electrons. The van der Waals surface area contributed by atoms with Crippen molar-refractivity contribution in [1.29, 1.82) is 0 Å². The molecule has 1 N–H and O–H groups in total. The molecule has 1 fully saturated rings. The van der Waals surface area contributed by atoms with Crippen LogP contribution in [0.15, 0.2) is 54.9 Å². The minimum atomic E-state index is -0.308. The Labute approximate surface area is 192 Å². The fourth-order valence-electron chi connectivity index (χ4n) is 3.60. The highest BCUT2D eigenvalue weighted by atomic mass is 35.5. The van der Waals surface area contributed by atoms with Gasteiger partial charge in [-0.2, -0.15) is 5.10 Å². The van der Waals surface area contributed by atoms with Crippen molar-refractivity contribution in [1.82, 2.24) is 19.6 Å². The van der Waals surface area contributed by atoms with Gasteiger partial charge < -0.3 is 10.2 Å². The number of rotatable bonds is 5. The minimum absolute atomic E-state index is 0.308. The van der Waals surface area contributed by atoms with Crippen LogP contribution in [0.4, 0.5) is 10.1 Å². The second-order valence-corrected chi connectivity index (χ2v) is 8.64. The molecule has 1 aliphatic rings. The largest absolute Gasteiger partial charge is 0.346 e. The van der Waals surface area contributed by atoms with Crippen molar-refractivity contribution in [2.24, 2.45) is 0 Å². The third kappa shape index (κ3) is 5.81. The summed E-state index contributed by atoms with van der Waals surface area (Å²) in [6, 6.07) is 13.0. The molecule has 0 saturated carbocycles. The molecule has 0 aliphatic carbocycles. The van der Waals surface area contributed by atoms with Gasteiger partial charge in [0.25, 0.3) is 0 Å². The Bertz CT molecular complexity index is 1040. The summed E-state index contributed by atoms with van der Waals surface area (Å²) < 4.78 is 15.1. The van der Waals surface area contributed by atoms with Crippen molar-refractivity contribution < 1.29 is 4.39 Å². The Morgan fingerprint density at radius 3 is 2.55 bits per heavy atom. The van der Waals surface area contributed by atoms with Crippen molar-refractivity contribution >= 4 is 34.6 Å². The van der Waals surface area contributed by atoms with Crippen LogP contribution in [0.2, 0.25) is 5.02 Å². The average molecular weight is 458 g/mol. The standard InChI is InChI=1S/C23H25ClFN5S/c1-17-2-4-18(5-3-17)14-30-16-21(13-26-30)27-23(31)29-10-8-28(9-11-29)15-19-6-7-20(25)12-22(19)24/h2-7,12-13,16H,8-11,14-15H2,1H3,(H,27,31). The summed E-state index contributed by atoms with van der Waals surface area (Å²) in [5.74, 6) is -0.308. The first-order valence-electron chi connectivity index (χ1n) is 10.3. The number of anilines is 1. The van der Waals surface area contributed by atoms with E-state index < -0.39 is 0 Å². The number of nitrogens with one attached hydrogen (secondary N) is 1. The summed E-state index contributed by atoms with van der Waals surface area (Å²) in [5.41, 5.74) is 4.29. The molecule has 31 heavy (non-hydrogen) atoms. The zero-order chi connectivity index (χ0) is 21.8. The normalized spacial score (nSPS) is 14.6. The average Bonchev–Trinajstić information content (AvgIpc) is 3.19. The summed E-state index contributed by atoms with van der Waals surface area (Å²) in [5, 5.41) is 8.91. The summed E-state index contributed by atoms with van der Waals surface area (Å²) in [7, 11) is 0. The molecule has 0 atom stereocenters. The summed E-state index contributed by atoms with van der Waals surface area (Å²) >= 11 is 11.8. The van der Waals surface area contributed by atoms with Crippen LogP contribution < -0.4 is 5.32 Å². The first-order valence-corrected chi connectivity index (χ1v) is 11.0. The van der Waals surface area contributed by atoms with Crippen molar-refractivity contribution in [3.8, 4) is 0 Å². The van der Waals surface area contributed by atoms with Crippen LogP contribution in [0.5, 0.6) is 0 Å². The molecule has 3 aromatic rings. The molecule has 2 aromatic carbocycles. The van der Waals surface area contributed by atoms with E-state index in [1.165, 1.54) is 23.3 Å². The predicted octanol–water partition coefficient (Wildman–Crippen LogP) is 4.55. The highest BCUT2D eigenvalue weighted by Crippen LogP contribution is 2.20. The number of benzene rings is 2. The predicted molar refractivity (Wildman–Crippen MR) is 127 cm³/mol. The Hall–Kier alpha value is -2.48. The molecule has 2 heterocycles. The lowest BCUT2D eigenvalue weighted by atomic mass is 10.1. The van der Waals surface area contributed by atoms with Gasteiger partial charge in [0.05, 0.1) is 18.4 Å². The van der Waals surface area contributed by atoms with E-state index in [2.05, 4.69) is 51.4 Å². The maximum atomic E-state index is 13.2. The number of hydrogen-bond donors (Lipinski definition) is 1. The smallest absolute Gasteiger partial charge is 0.173 e. The van der Waals surface area contributed by atoms with E-state index in [4.69, 9.17) is 23.8 Å². The number of aromatic nitrogens is 2. The maximum absolute atomic E-state index is 13.2. The molecule has 0 bridgehead atoms. The van der Waals surface area contributed by atoms with Gasteiger partial charge in [0.1, 0.15) is 5.82 Å². The number of thiocarbonyl (C=S) groups is 1. The van der Waals surface area contributed by atoms with Gasteiger partial charge in [-0.25, -0.2) is 4.39 Å². The third-order valence-corrected chi connectivity index (χ3v) is 6.13. The Balaban J connectivity index is 1.26. The molecule has 5 nitrogen and oxygen atoms in total. The van der Waals surface area contributed by atoms with Crippen LogP contribution in [-0.4, -0.2) is 50.9 Å². The lowest BCUT2D eigenvalue weighted by Crippen LogP contribution is -2.49. The zero-order valence-corrected chi connectivity index (χ0v) is 19.0. The highest BCUT2D eigenvalue weighted by Gasteiger charge is 2.20. The van der Waals surface area contributed by atoms with Gasteiger partial charge in [-0.05, 0) is 42.4 Å². The van der Waals surface area contributed by atoms with Gasteiger partial charge in [0, 0.05) is 43.9 Å². The topological polar surface area (TPSA) is 36.3 Å². The van der Waals surface area contributed by atoms with Crippen molar-refractivity contribution in [2.75, 3.05) is 31.5 Å². The minimum Gasteiger partial charge on any atom is -0.346 e. The van der Waals surface area contributed by atoms with Crippen LogP contribution in [0, 0.1) is 12.7 Å². The van der Waals surface area contributed by atoms with Gasteiger partial charge >= 0.3 is 0 Å². The maximum Gasteiger partial charge on any atom is 0.173 e. The molecular formula is C23H25ClFN5S. The van der Waals surface area contributed by atoms with E-state index in [1.807, 2.05) is 10.9 Å². The van der Waals surface area contributed by atoms with Crippen LogP contribution in [0.1, 0.15) is 16.7 Å². The number of halogens is 2. The number of aryl methyl sites for hydroxylation is 1. The molecule has 0 unspecified atom stereocenters. The zero-order valence-electron chi connectivity index (χ0n) is 17.4. The van der Waals surface area contributed by atoms with E-state index in [0.717, 1.165) is 44.0 Å². The first kappa shape index (κ1) is 21.7. The molecule has 1 saturated heterocycles. The Kier molecular flexibility index (Phi) is 6.85. The van der Waals surface area contributed by atoms with Gasteiger partial charge in [0.15, 0.2) is 5.11 Å². The quantitative estimate of drug-likeness (QED) is 0.569. The fourth-order valence-corrected chi connectivity index (χ4v) is 4.12. The second-order valence-electron chi connectivity index (χ2n) is 7.84. The van der Waals surface area contributed by atoms with Crippen LogP contribution in [-0.2, 0) is 13.1 Å². The van der Waals surface area contributed by atoms with Gasteiger partial charge in [-0.1, -0.05) is 47.5 Å². The molecule has 0 amide bonds. The van der Waals surface area contributed by atoms with E-state index in [-0.39, 0.29) is 5.82 Å². The van der Waals surface area contributed by atoms with E-state index in [1.54, 1.807) is 12.3 Å². The molecule has 1 aromatic heterocycles. The second kappa shape index (κ2) is 9.77. The summed E-state index contributed by atoms with van der Waals surface area (Å²) in [6.45, 7) is 6.88. The van der Waals surface area contributed by atoms with Crippen LogP contribution in [0.3, 0.4) is 0 Å². The fraction of sp³-hybridized carbons (Fsp3) is 0.304. The highest BCUT2D eigenvalue weighted by molar-refractivity contribution is 7.80. The first-order chi connectivity index (χ1) is 15.0. The third-order valence-electron chi connectivity index (χ3n) is 5.42. The molecule has 0 spiro atoms. The molecule has 8 heteroatoms. The summed E-state index contributed by atoms with van der Waals surface area (Å²) in [4.78, 5) is 4.47. The number of nitrogens with zero attached hydrogens (tertiary/aromatic N) is 4. The molecular weight excluding hydrogens is 433 g/mol. The monoisotopic (exact) mass is 457 g/mol. The molecule has 0 radical (unpaired) electrons. The van der Waals surface area contributed by atoms with E-state index in [0.29, 0.717) is 16.7 Å². The van der Waals surface area contributed by atoms with Crippen LogP contribution >= 0.6 is 23.8 Å². The van der Waals surface area contributed by atoms with Gasteiger partial charge in [-0.3, -0.25) is 9.58 Å². The lowest BCUT2D eigenvalue weighted by molar-refractivity contribution is 0.177. The SMILES string of the molecule is Cc1ccc(Cn2cc(NC(=S)N3CCN(Cc4ccc(F)cc4Cl)CC3)cn2)cc1. The van der Waals surface area contributed by atoms with Gasteiger partial charge in [0.2, 0.25) is 0 Å². The number of piperazine rings is 1. The molecule has 4 rings (SSSR count). The van der Waals surface area contributed by atoms with Gasteiger partial charge in [-0.15, -0.1) is 0 Å². The number of hydrogen-bond acceptors (Lipinski definition) is 3. The molecule has 1 aliphatic heterocycles. The van der Waals surface area contributed by atoms with Crippen LogP contribution in [0.25, 0.3) is 0 Å². The van der Waals surface area contributed by atoms with E-state index >= 15 is 0 Å². The summed E-state index contributed by atoms with van der Waals surface area (Å²) in [6.07, 6.45) is 3.77. The van der Waals surface area contributed by atoms with Crippen molar-refractivity contribution in [3.63, 3.8) is 0 Å². The van der Waals surface area contributed by atoms with Crippen molar-refractivity contribution in [3.05, 3.63) is 82.4 Å².